The fourth-order valence-corrected chi connectivity index (χ4v) is 1.62. The minimum atomic E-state index is -1.04. The van der Waals surface area contributed by atoms with Crippen molar-refractivity contribution in [3.05, 3.63) is 33.9 Å². The highest BCUT2D eigenvalue weighted by Crippen LogP contribution is 2.22. The summed E-state index contributed by atoms with van der Waals surface area (Å²) < 4.78 is 11.1. The van der Waals surface area contributed by atoms with Crippen molar-refractivity contribution in [1.82, 2.24) is 5.32 Å². The third kappa shape index (κ3) is 4.02. The van der Waals surface area contributed by atoms with E-state index in [0.29, 0.717) is 0 Å². The predicted octanol–water partition coefficient (Wildman–Crippen LogP) is 0.674. The van der Waals surface area contributed by atoms with Gasteiger partial charge in [0, 0.05) is 40.5 Å². The Morgan fingerprint density at radius 1 is 1.58 bits per heavy atom. The number of nitrogens with zero attached hydrogens (tertiary/aromatic N) is 1. The summed E-state index contributed by atoms with van der Waals surface area (Å²) in [5.74, 6) is -0.458. The molecule has 0 heterocycles. The second-order valence-electron chi connectivity index (χ2n) is 4.05. The van der Waals surface area contributed by atoms with Crippen LogP contribution in [0.5, 0.6) is 0 Å². The molecule has 0 radical (unpaired) electrons. The summed E-state index contributed by atoms with van der Waals surface area (Å²) in [7, 11) is -1.04. The van der Waals surface area contributed by atoms with Crippen molar-refractivity contribution in [3.8, 4) is 0 Å². The van der Waals surface area contributed by atoms with Gasteiger partial charge in [0.25, 0.3) is 11.6 Å². The molecule has 2 unspecified atom stereocenters. The molecule has 7 nitrogen and oxygen atoms in total. The maximum Gasteiger partial charge on any atom is 0.292 e. The van der Waals surface area contributed by atoms with Crippen LogP contribution in [0.25, 0.3) is 0 Å². The van der Waals surface area contributed by atoms with Gasteiger partial charge >= 0.3 is 0 Å². The fraction of sp³-hybridized carbons (Fsp3) is 0.364. The van der Waals surface area contributed by atoms with E-state index in [1.807, 2.05) is 0 Å². The van der Waals surface area contributed by atoms with Gasteiger partial charge in [-0.25, -0.2) is 0 Å². The molecule has 19 heavy (non-hydrogen) atoms. The lowest BCUT2D eigenvalue weighted by Gasteiger charge is -2.10. The largest absolute Gasteiger partial charge is 0.393 e. The second-order valence-corrected chi connectivity index (χ2v) is 5.85. The molecular weight excluding hydrogens is 270 g/mol. The van der Waals surface area contributed by atoms with Crippen LogP contribution in [0.2, 0.25) is 0 Å². The van der Waals surface area contributed by atoms with Gasteiger partial charge in [-0.2, -0.15) is 0 Å². The fourth-order valence-electron chi connectivity index (χ4n) is 1.30. The minimum absolute atomic E-state index is 0.00424. The molecule has 0 aliphatic heterocycles. The second kappa shape index (κ2) is 6.28. The molecule has 1 aromatic carbocycles. The zero-order valence-electron chi connectivity index (χ0n) is 10.6. The van der Waals surface area contributed by atoms with Gasteiger partial charge < -0.3 is 11.1 Å². The molecule has 0 fully saturated rings. The van der Waals surface area contributed by atoms with E-state index in [1.165, 1.54) is 12.1 Å². The van der Waals surface area contributed by atoms with Crippen LogP contribution in [0.3, 0.4) is 0 Å². The van der Waals surface area contributed by atoms with E-state index in [1.54, 1.807) is 13.2 Å². The number of benzene rings is 1. The van der Waals surface area contributed by atoms with E-state index in [2.05, 4.69) is 5.32 Å². The van der Waals surface area contributed by atoms with E-state index in [0.717, 1.165) is 6.07 Å². The lowest BCUT2D eigenvalue weighted by Crippen LogP contribution is -2.32. The third-order valence-corrected chi connectivity index (χ3v) is 3.91. The molecule has 104 valence electrons. The van der Waals surface area contributed by atoms with Crippen LogP contribution in [-0.2, 0) is 10.8 Å². The summed E-state index contributed by atoms with van der Waals surface area (Å²) in [6.45, 7) is 1.97. The number of amides is 1. The lowest BCUT2D eigenvalue weighted by atomic mass is 10.1. The molecule has 1 rings (SSSR count). The first-order valence-electron chi connectivity index (χ1n) is 5.47. The standard InChI is InChI=1S/C11H15N3O4S/c1-7(19(2)18)6-13-11(15)8-3-4-9(12)10(5-8)14(16)17/h3-5,7H,6,12H2,1-2H3,(H,13,15). The normalized spacial score (nSPS) is 13.6. The van der Waals surface area contributed by atoms with Crippen molar-refractivity contribution in [3.63, 3.8) is 0 Å². The third-order valence-electron chi connectivity index (χ3n) is 2.61. The zero-order chi connectivity index (χ0) is 14.6. The van der Waals surface area contributed by atoms with Gasteiger partial charge in [-0.3, -0.25) is 19.1 Å². The number of rotatable bonds is 5. The molecule has 0 aromatic heterocycles. The van der Waals surface area contributed by atoms with E-state index >= 15 is 0 Å². The summed E-state index contributed by atoms with van der Waals surface area (Å²) in [4.78, 5) is 21.8. The Bertz CT molecular complexity index is 533. The quantitative estimate of drug-likeness (QED) is 0.469. The number of nitrogens with one attached hydrogen (secondary N) is 1. The van der Waals surface area contributed by atoms with Crippen LogP contribution in [0.4, 0.5) is 11.4 Å². The molecular formula is C11H15N3O4S. The van der Waals surface area contributed by atoms with Crippen LogP contribution in [0.1, 0.15) is 17.3 Å². The topological polar surface area (TPSA) is 115 Å². The monoisotopic (exact) mass is 285 g/mol. The number of hydrogen-bond acceptors (Lipinski definition) is 5. The summed E-state index contributed by atoms with van der Waals surface area (Å²) in [6, 6.07) is 3.85. The van der Waals surface area contributed by atoms with E-state index in [-0.39, 0.29) is 28.7 Å². The molecule has 1 amide bonds. The minimum Gasteiger partial charge on any atom is -0.393 e. The van der Waals surface area contributed by atoms with Crippen molar-refractivity contribution in [1.29, 1.82) is 0 Å². The average molecular weight is 285 g/mol. The van der Waals surface area contributed by atoms with E-state index < -0.39 is 21.6 Å². The number of carbonyl (C=O) groups excluding carboxylic acids is 1. The predicted molar refractivity (Wildman–Crippen MR) is 73.4 cm³/mol. The molecule has 0 aliphatic rings. The van der Waals surface area contributed by atoms with Crippen LogP contribution in [0, 0.1) is 10.1 Å². The van der Waals surface area contributed by atoms with Gasteiger partial charge in [0.05, 0.1) is 4.92 Å². The first-order valence-corrected chi connectivity index (χ1v) is 7.09. The number of nitrogens with two attached hydrogens (primary N) is 1. The zero-order valence-corrected chi connectivity index (χ0v) is 11.4. The number of nitro benzene ring substituents is 1. The molecule has 0 saturated carbocycles. The van der Waals surface area contributed by atoms with Gasteiger partial charge in [-0.05, 0) is 19.1 Å². The number of carbonyl (C=O) groups is 1. The molecule has 0 saturated heterocycles. The van der Waals surface area contributed by atoms with Gasteiger partial charge in [0.2, 0.25) is 0 Å². The number of hydrogen-bond donors (Lipinski definition) is 2. The summed E-state index contributed by atoms with van der Waals surface area (Å²) in [5.41, 5.74) is 5.29. The lowest BCUT2D eigenvalue weighted by molar-refractivity contribution is -0.383. The van der Waals surface area contributed by atoms with Crippen molar-refractivity contribution in [2.45, 2.75) is 12.2 Å². The Labute approximate surface area is 112 Å². The Kier molecular flexibility index (Phi) is 4.99. The highest BCUT2D eigenvalue weighted by molar-refractivity contribution is 7.84. The van der Waals surface area contributed by atoms with Gasteiger partial charge in [-0.1, -0.05) is 0 Å². The van der Waals surface area contributed by atoms with E-state index in [4.69, 9.17) is 5.73 Å². The van der Waals surface area contributed by atoms with E-state index in [9.17, 15) is 19.1 Å². The smallest absolute Gasteiger partial charge is 0.292 e. The number of anilines is 1. The molecule has 8 heteroatoms. The van der Waals surface area contributed by atoms with Crippen LogP contribution >= 0.6 is 0 Å². The summed E-state index contributed by atoms with van der Waals surface area (Å²) in [5, 5.41) is 13.1. The molecule has 0 aliphatic carbocycles. The average Bonchev–Trinajstić information content (AvgIpc) is 2.35. The molecule has 0 spiro atoms. The number of nitro groups is 1. The van der Waals surface area contributed by atoms with Crippen molar-refractivity contribution in [2.24, 2.45) is 0 Å². The van der Waals surface area contributed by atoms with Crippen molar-refractivity contribution in [2.75, 3.05) is 18.5 Å². The maximum atomic E-state index is 11.8. The molecule has 1 aromatic rings. The Morgan fingerprint density at radius 3 is 2.74 bits per heavy atom. The van der Waals surface area contributed by atoms with Crippen molar-refractivity contribution >= 4 is 28.1 Å². The first-order chi connectivity index (χ1) is 8.82. The molecule has 3 N–H and O–H groups in total. The van der Waals surface area contributed by atoms with Gasteiger partial charge in [-0.15, -0.1) is 0 Å². The summed E-state index contributed by atoms with van der Waals surface area (Å²) >= 11 is 0. The highest BCUT2D eigenvalue weighted by atomic mass is 32.2. The Hall–Kier alpha value is -1.96. The van der Waals surface area contributed by atoms with Crippen LogP contribution in [0.15, 0.2) is 18.2 Å². The molecule has 2 atom stereocenters. The summed E-state index contributed by atoms with van der Waals surface area (Å²) in [6.07, 6.45) is 1.55. The van der Waals surface area contributed by atoms with Gasteiger partial charge in [0.15, 0.2) is 0 Å². The maximum absolute atomic E-state index is 11.8. The Morgan fingerprint density at radius 2 is 2.21 bits per heavy atom. The number of nitrogen functional groups attached to an aromatic ring is 1. The molecule has 0 bridgehead atoms. The Balaban J connectivity index is 2.80. The van der Waals surface area contributed by atoms with Gasteiger partial charge in [0.1, 0.15) is 5.69 Å². The first kappa shape index (κ1) is 15.1. The van der Waals surface area contributed by atoms with Crippen LogP contribution < -0.4 is 11.1 Å². The highest BCUT2D eigenvalue weighted by Gasteiger charge is 2.16. The van der Waals surface area contributed by atoms with Crippen molar-refractivity contribution < 1.29 is 13.9 Å². The van der Waals surface area contributed by atoms with Crippen LogP contribution in [-0.4, -0.2) is 33.1 Å². The SMILES string of the molecule is CC(CNC(=O)c1ccc(N)c([N+](=O)[O-])c1)S(C)=O.